The minimum atomic E-state index is 0.000823. The fourth-order valence-electron chi connectivity index (χ4n) is 4.01. The van der Waals surface area contributed by atoms with Crippen molar-refractivity contribution in [2.24, 2.45) is 0 Å². The number of nitrogens with zero attached hydrogens (tertiary/aromatic N) is 3. The Labute approximate surface area is 183 Å². The van der Waals surface area contributed by atoms with E-state index in [-0.39, 0.29) is 6.03 Å². The SMILES string of the molecule is CCCCCOc1cc(N2CCCN(Cc3cccc4[nH]cnc34)C2=O)ccc1OC. The maximum Gasteiger partial charge on any atom is 0.324 e. The van der Waals surface area contributed by atoms with E-state index in [9.17, 15) is 4.79 Å². The normalized spacial score (nSPS) is 14.3. The Morgan fingerprint density at radius 2 is 2.03 bits per heavy atom. The second-order valence-electron chi connectivity index (χ2n) is 7.82. The number of amides is 2. The number of unbranched alkanes of at least 4 members (excludes halogenated alkanes) is 2. The van der Waals surface area contributed by atoms with Crippen molar-refractivity contribution in [2.75, 3.05) is 31.7 Å². The van der Waals surface area contributed by atoms with Crippen LogP contribution in [0.3, 0.4) is 0 Å². The van der Waals surface area contributed by atoms with E-state index in [1.54, 1.807) is 13.4 Å². The summed E-state index contributed by atoms with van der Waals surface area (Å²) in [6, 6.07) is 11.7. The van der Waals surface area contributed by atoms with Crippen molar-refractivity contribution in [2.45, 2.75) is 39.2 Å². The highest BCUT2D eigenvalue weighted by Crippen LogP contribution is 2.33. The first-order valence-electron chi connectivity index (χ1n) is 11.0. The van der Waals surface area contributed by atoms with E-state index in [1.807, 2.05) is 46.2 Å². The largest absolute Gasteiger partial charge is 0.493 e. The summed E-state index contributed by atoms with van der Waals surface area (Å²) in [7, 11) is 1.64. The Bertz CT molecular complexity index is 1030. The number of nitrogens with one attached hydrogen (secondary N) is 1. The number of carbonyl (C=O) groups is 1. The van der Waals surface area contributed by atoms with Gasteiger partial charge in [-0.2, -0.15) is 0 Å². The Balaban J connectivity index is 1.51. The van der Waals surface area contributed by atoms with E-state index in [0.717, 1.165) is 54.5 Å². The summed E-state index contributed by atoms with van der Waals surface area (Å²) in [5.74, 6) is 1.37. The molecule has 0 spiro atoms. The van der Waals surface area contributed by atoms with E-state index in [4.69, 9.17) is 9.47 Å². The second kappa shape index (κ2) is 9.73. The quantitative estimate of drug-likeness (QED) is 0.494. The van der Waals surface area contributed by atoms with Crippen LogP contribution in [0.25, 0.3) is 11.0 Å². The number of ether oxygens (including phenoxy) is 2. The third-order valence-corrected chi connectivity index (χ3v) is 5.67. The zero-order valence-corrected chi connectivity index (χ0v) is 18.3. The average molecular weight is 423 g/mol. The minimum absolute atomic E-state index is 0.000823. The fraction of sp³-hybridized carbons (Fsp3) is 0.417. The van der Waals surface area contributed by atoms with Crippen LogP contribution in [0.4, 0.5) is 10.5 Å². The number of benzene rings is 2. The number of hydrogen-bond acceptors (Lipinski definition) is 4. The molecule has 31 heavy (non-hydrogen) atoms. The lowest BCUT2D eigenvalue weighted by Crippen LogP contribution is -2.49. The van der Waals surface area contributed by atoms with Crippen LogP contribution in [0, 0.1) is 0 Å². The standard InChI is InChI=1S/C24H30N4O3/c1-3-4-5-14-31-22-15-19(10-11-21(22)30-2)28-13-7-12-27(24(28)29)16-18-8-6-9-20-23(18)26-17-25-20/h6,8-11,15,17H,3-5,7,12-14,16H2,1-2H3,(H,25,26). The molecule has 1 N–H and O–H groups in total. The third-order valence-electron chi connectivity index (χ3n) is 5.67. The molecule has 2 heterocycles. The Kier molecular flexibility index (Phi) is 6.60. The number of imidazole rings is 1. The fourth-order valence-corrected chi connectivity index (χ4v) is 4.01. The molecular formula is C24H30N4O3. The van der Waals surface area contributed by atoms with E-state index in [1.165, 1.54) is 0 Å². The van der Waals surface area contributed by atoms with E-state index >= 15 is 0 Å². The Hall–Kier alpha value is -3.22. The molecule has 0 aliphatic carbocycles. The predicted molar refractivity (Wildman–Crippen MR) is 122 cm³/mol. The summed E-state index contributed by atoms with van der Waals surface area (Å²) in [6.45, 7) is 4.76. The van der Waals surface area contributed by atoms with Gasteiger partial charge in [0.2, 0.25) is 0 Å². The smallest absolute Gasteiger partial charge is 0.324 e. The van der Waals surface area contributed by atoms with Crippen LogP contribution in [0.1, 0.15) is 38.2 Å². The first kappa shape index (κ1) is 21.0. The van der Waals surface area contributed by atoms with Gasteiger partial charge in [-0.25, -0.2) is 9.78 Å². The summed E-state index contributed by atoms with van der Waals surface area (Å²) in [5, 5.41) is 0. The zero-order chi connectivity index (χ0) is 21.6. The topological polar surface area (TPSA) is 70.7 Å². The van der Waals surface area contributed by atoms with Gasteiger partial charge in [-0.1, -0.05) is 31.9 Å². The van der Waals surface area contributed by atoms with Crippen LogP contribution in [0.2, 0.25) is 0 Å². The van der Waals surface area contributed by atoms with Crippen molar-refractivity contribution in [3.8, 4) is 11.5 Å². The molecule has 0 unspecified atom stereocenters. The molecule has 3 aromatic rings. The highest BCUT2D eigenvalue weighted by molar-refractivity contribution is 5.93. The predicted octanol–water partition coefficient (Wildman–Crippen LogP) is 4.97. The maximum atomic E-state index is 13.3. The Morgan fingerprint density at radius 3 is 2.87 bits per heavy atom. The van der Waals surface area contributed by atoms with Crippen LogP contribution >= 0.6 is 0 Å². The molecule has 0 radical (unpaired) electrons. The van der Waals surface area contributed by atoms with Gasteiger partial charge in [-0.3, -0.25) is 4.90 Å². The third kappa shape index (κ3) is 4.60. The number of urea groups is 1. The van der Waals surface area contributed by atoms with Crippen molar-refractivity contribution < 1.29 is 14.3 Å². The van der Waals surface area contributed by atoms with Gasteiger partial charge in [0.05, 0.1) is 31.1 Å². The number of carbonyl (C=O) groups excluding carboxylic acids is 1. The lowest BCUT2D eigenvalue weighted by atomic mass is 10.1. The van der Waals surface area contributed by atoms with Crippen molar-refractivity contribution in [3.63, 3.8) is 0 Å². The molecule has 4 rings (SSSR count). The molecule has 7 heteroatoms. The van der Waals surface area contributed by atoms with Crippen molar-refractivity contribution in [1.29, 1.82) is 0 Å². The van der Waals surface area contributed by atoms with Crippen molar-refractivity contribution >= 4 is 22.8 Å². The minimum Gasteiger partial charge on any atom is -0.493 e. The van der Waals surface area contributed by atoms with Gasteiger partial charge < -0.3 is 19.4 Å². The molecule has 1 saturated heterocycles. The number of methoxy groups -OCH3 is 1. The number of anilines is 1. The van der Waals surface area contributed by atoms with E-state index in [0.29, 0.717) is 31.2 Å². The average Bonchev–Trinajstić information content (AvgIpc) is 3.28. The van der Waals surface area contributed by atoms with Crippen LogP contribution in [0.5, 0.6) is 11.5 Å². The van der Waals surface area contributed by atoms with Gasteiger partial charge >= 0.3 is 6.03 Å². The molecule has 164 valence electrons. The summed E-state index contributed by atoms with van der Waals surface area (Å²) in [5.41, 5.74) is 3.78. The molecular weight excluding hydrogens is 392 g/mol. The maximum absolute atomic E-state index is 13.3. The lowest BCUT2D eigenvalue weighted by Gasteiger charge is -2.36. The van der Waals surface area contributed by atoms with Gasteiger partial charge in [0.1, 0.15) is 0 Å². The van der Waals surface area contributed by atoms with Gasteiger partial charge in [-0.05, 0) is 36.6 Å². The second-order valence-corrected chi connectivity index (χ2v) is 7.82. The molecule has 2 amide bonds. The number of para-hydroxylation sites is 1. The number of hydrogen-bond donors (Lipinski definition) is 1. The first-order valence-corrected chi connectivity index (χ1v) is 11.0. The number of fused-ring (bicyclic) bond motifs is 1. The monoisotopic (exact) mass is 422 g/mol. The zero-order valence-electron chi connectivity index (χ0n) is 18.3. The summed E-state index contributed by atoms with van der Waals surface area (Å²) >= 11 is 0. The Morgan fingerprint density at radius 1 is 1.13 bits per heavy atom. The first-order chi connectivity index (χ1) is 15.2. The van der Waals surface area contributed by atoms with Crippen LogP contribution in [-0.4, -0.2) is 47.7 Å². The molecule has 0 saturated carbocycles. The molecule has 1 aliphatic rings. The number of H-pyrrole nitrogens is 1. The summed E-state index contributed by atoms with van der Waals surface area (Å²) in [4.78, 5) is 24.6. The number of rotatable bonds is 9. The molecule has 0 atom stereocenters. The van der Waals surface area contributed by atoms with E-state index in [2.05, 4.69) is 16.9 Å². The van der Waals surface area contributed by atoms with Gasteiger partial charge in [0.25, 0.3) is 0 Å². The number of aromatic nitrogens is 2. The van der Waals surface area contributed by atoms with E-state index < -0.39 is 0 Å². The molecule has 2 aromatic carbocycles. The van der Waals surface area contributed by atoms with Gasteiger partial charge in [-0.15, -0.1) is 0 Å². The highest BCUT2D eigenvalue weighted by Gasteiger charge is 2.28. The van der Waals surface area contributed by atoms with Gasteiger partial charge in [0, 0.05) is 31.4 Å². The number of aromatic amines is 1. The molecule has 1 aromatic heterocycles. The van der Waals surface area contributed by atoms with Gasteiger partial charge in [0.15, 0.2) is 11.5 Å². The molecule has 1 aliphatic heterocycles. The highest BCUT2D eigenvalue weighted by atomic mass is 16.5. The van der Waals surface area contributed by atoms with Crippen LogP contribution < -0.4 is 14.4 Å². The van der Waals surface area contributed by atoms with Crippen molar-refractivity contribution in [1.82, 2.24) is 14.9 Å². The summed E-state index contributed by atoms with van der Waals surface area (Å²) in [6.07, 6.45) is 5.87. The van der Waals surface area contributed by atoms with Crippen molar-refractivity contribution in [3.05, 3.63) is 48.3 Å². The molecule has 7 nitrogen and oxygen atoms in total. The van der Waals surface area contributed by atoms with Crippen LogP contribution in [-0.2, 0) is 6.54 Å². The molecule has 1 fully saturated rings. The lowest BCUT2D eigenvalue weighted by molar-refractivity contribution is 0.192. The molecule has 0 bridgehead atoms. The van der Waals surface area contributed by atoms with Crippen LogP contribution in [0.15, 0.2) is 42.7 Å². The summed E-state index contributed by atoms with van der Waals surface area (Å²) < 4.78 is 11.4.